The van der Waals surface area contributed by atoms with Crippen molar-refractivity contribution in [3.8, 4) is 11.1 Å². The van der Waals surface area contributed by atoms with Crippen molar-refractivity contribution in [2.75, 3.05) is 0 Å². The number of fused-ring (bicyclic) bond motifs is 3. The van der Waals surface area contributed by atoms with Crippen LogP contribution in [0.25, 0.3) is 32.9 Å². The number of hydrogen-bond donors (Lipinski definition) is 1. The molecule has 168 valence electrons. The maximum absolute atomic E-state index is 3.78. The lowest BCUT2D eigenvalue weighted by Crippen LogP contribution is -2.12. The summed E-state index contributed by atoms with van der Waals surface area (Å²) in [6.07, 6.45) is 0. The third kappa shape index (κ3) is 4.27. The number of halogens is 1. The normalized spacial score (nSPS) is 13.3. The second kappa shape index (κ2) is 7.48. The molecule has 0 atom stereocenters. The molecule has 2 heteroatoms. The van der Waals surface area contributed by atoms with E-state index in [2.05, 4.69) is 132 Å². The van der Waals surface area contributed by atoms with Crippen LogP contribution in [0.1, 0.15) is 79.0 Å². The zero-order valence-electron chi connectivity index (χ0n) is 21.0. The van der Waals surface area contributed by atoms with Crippen molar-refractivity contribution in [2.45, 2.75) is 78.6 Å². The number of aromatic nitrogens is 1. The van der Waals surface area contributed by atoms with E-state index in [1.807, 2.05) is 0 Å². The van der Waals surface area contributed by atoms with E-state index in [1.165, 1.54) is 49.6 Å². The van der Waals surface area contributed by atoms with E-state index in [-0.39, 0.29) is 16.2 Å². The quantitative estimate of drug-likeness (QED) is 0.273. The van der Waals surface area contributed by atoms with Gasteiger partial charge in [-0.15, -0.1) is 0 Å². The molecule has 0 spiro atoms. The largest absolute Gasteiger partial charge is 0.354 e. The maximum Gasteiger partial charge on any atom is 0.0544 e. The predicted octanol–water partition coefficient (Wildman–Crippen LogP) is 9.64. The zero-order valence-corrected chi connectivity index (χ0v) is 22.6. The van der Waals surface area contributed by atoms with Crippen molar-refractivity contribution in [2.24, 2.45) is 0 Å². The van der Waals surface area contributed by atoms with E-state index in [0.29, 0.717) is 0 Å². The number of hydrogen-bond acceptors (Lipinski definition) is 0. The standard InChI is InChI=1S/C30H36BrN/c1-28(2,3)19-10-11-26-24(15-19)25-17-21(30(7,8)9)16-23(27(25)32-26)18-12-20(29(4,5)6)14-22(31)13-18/h10-17,32H,1-9H3. The minimum absolute atomic E-state index is 0.0625. The molecule has 0 aliphatic heterocycles. The molecule has 0 saturated heterocycles. The highest BCUT2D eigenvalue weighted by Gasteiger charge is 2.22. The highest BCUT2D eigenvalue weighted by atomic mass is 79.9. The summed E-state index contributed by atoms with van der Waals surface area (Å²) >= 11 is 3.78. The molecule has 0 saturated carbocycles. The van der Waals surface area contributed by atoms with E-state index in [9.17, 15) is 0 Å². The Balaban J connectivity index is 2.10. The van der Waals surface area contributed by atoms with E-state index in [0.717, 1.165) is 4.47 Å². The molecule has 3 aromatic carbocycles. The van der Waals surface area contributed by atoms with E-state index in [1.54, 1.807) is 0 Å². The molecule has 0 unspecified atom stereocenters. The molecule has 1 N–H and O–H groups in total. The first-order valence-electron chi connectivity index (χ1n) is 11.6. The van der Waals surface area contributed by atoms with Crippen LogP contribution in [-0.4, -0.2) is 4.98 Å². The van der Waals surface area contributed by atoms with Crippen molar-refractivity contribution in [3.63, 3.8) is 0 Å². The molecular weight excluding hydrogens is 454 g/mol. The Hall–Kier alpha value is -2.06. The van der Waals surface area contributed by atoms with Gasteiger partial charge in [0.1, 0.15) is 0 Å². The third-order valence-electron chi connectivity index (χ3n) is 6.51. The maximum atomic E-state index is 3.78. The number of aromatic amines is 1. The SMILES string of the molecule is CC(C)(C)c1cc(Br)cc(-c2cc(C(C)(C)C)cc3c2[nH]c2ccc(C(C)(C)C)cc23)c1. The van der Waals surface area contributed by atoms with Gasteiger partial charge in [0.25, 0.3) is 0 Å². The fourth-order valence-electron chi connectivity index (χ4n) is 4.31. The van der Waals surface area contributed by atoms with Gasteiger partial charge in [0, 0.05) is 26.3 Å². The van der Waals surface area contributed by atoms with Crippen LogP contribution in [0.5, 0.6) is 0 Å². The van der Waals surface area contributed by atoms with Crippen molar-refractivity contribution in [3.05, 3.63) is 69.7 Å². The molecule has 0 amide bonds. The first kappa shape index (κ1) is 23.1. The Bertz CT molecular complexity index is 1320. The van der Waals surface area contributed by atoms with Crippen LogP contribution in [-0.2, 0) is 16.2 Å². The predicted molar refractivity (Wildman–Crippen MR) is 145 cm³/mol. The van der Waals surface area contributed by atoms with E-state index < -0.39 is 0 Å². The lowest BCUT2D eigenvalue weighted by Gasteiger charge is -2.23. The lowest BCUT2D eigenvalue weighted by molar-refractivity contribution is 0.589. The Morgan fingerprint density at radius 3 is 1.75 bits per heavy atom. The molecule has 0 aliphatic rings. The van der Waals surface area contributed by atoms with Gasteiger partial charge in [0.15, 0.2) is 0 Å². The van der Waals surface area contributed by atoms with Gasteiger partial charge in [-0.1, -0.05) is 90.4 Å². The Kier molecular flexibility index (Phi) is 5.41. The topological polar surface area (TPSA) is 15.8 Å². The van der Waals surface area contributed by atoms with Crippen molar-refractivity contribution >= 4 is 37.7 Å². The van der Waals surface area contributed by atoms with Crippen LogP contribution in [0.3, 0.4) is 0 Å². The summed E-state index contributed by atoms with van der Waals surface area (Å²) in [5.74, 6) is 0. The number of H-pyrrole nitrogens is 1. The van der Waals surface area contributed by atoms with Crippen molar-refractivity contribution in [1.82, 2.24) is 4.98 Å². The molecule has 1 heterocycles. The van der Waals surface area contributed by atoms with E-state index in [4.69, 9.17) is 0 Å². The van der Waals surface area contributed by atoms with Gasteiger partial charge in [-0.05, 0) is 74.9 Å². The van der Waals surface area contributed by atoms with Gasteiger partial charge in [0.05, 0.1) is 5.52 Å². The number of rotatable bonds is 1. The van der Waals surface area contributed by atoms with Crippen molar-refractivity contribution in [1.29, 1.82) is 0 Å². The van der Waals surface area contributed by atoms with Crippen LogP contribution in [0.2, 0.25) is 0 Å². The highest BCUT2D eigenvalue weighted by Crippen LogP contribution is 2.40. The average Bonchev–Trinajstić information content (AvgIpc) is 3.02. The minimum atomic E-state index is 0.0625. The summed E-state index contributed by atoms with van der Waals surface area (Å²) in [5.41, 5.74) is 9.27. The Labute approximate surface area is 201 Å². The van der Waals surface area contributed by atoms with Crippen LogP contribution in [0, 0.1) is 0 Å². The fraction of sp³-hybridized carbons (Fsp3) is 0.400. The molecule has 4 rings (SSSR count). The molecule has 0 bridgehead atoms. The molecule has 0 fully saturated rings. The van der Waals surface area contributed by atoms with Gasteiger partial charge in [-0.2, -0.15) is 0 Å². The fourth-order valence-corrected chi connectivity index (χ4v) is 4.80. The summed E-state index contributed by atoms with van der Waals surface area (Å²) in [4.78, 5) is 3.76. The first-order valence-corrected chi connectivity index (χ1v) is 12.4. The zero-order chi connectivity index (χ0) is 23.6. The van der Waals surface area contributed by atoms with Crippen LogP contribution in [0.4, 0.5) is 0 Å². The summed E-state index contributed by atoms with van der Waals surface area (Å²) in [7, 11) is 0. The summed E-state index contributed by atoms with van der Waals surface area (Å²) < 4.78 is 1.13. The highest BCUT2D eigenvalue weighted by molar-refractivity contribution is 9.10. The number of benzene rings is 3. The molecule has 0 radical (unpaired) electrons. The van der Waals surface area contributed by atoms with Crippen LogP contribution >= 0.6 is 15.9 Å². The average molecular weight is 491 g/mol. The second-order valence-corrected chi connectivity index (χ2v) is 13.2. The van der Waals surface area contributed by atoms with Gasteiger partial charge in [-0.3, -0.25) is 0 Å². The van der Waals surface area contributed by atoms with Crippen molar-refractivity contribution < 1.29 is 0 Å². The van der Waals surface area contributed by atoms with Gasteiger partial charge < -0.3 is 4.98 Å². The van der Waals surface area contributed by atoms with Gasteiger partial charge in [0.2, 0.25) is 0 Å². The third-order valence-corrected chi connectivity index (χ3v) is 6.97. The number of nitrogens with one attached hydrogen (secondary N) is 1. The molecule has 0 aliphatic carbocycles. The summed E-state index contributed by atoms with van der Waals surface area (Å²) in [6, 6.07) is 18.5. The van der Waals surface area contributed by atoms with Crippen LogP contribution in [0.15, 0.2) is 53.0 Å². The van der Waals surface area contributed by atoms with Gasteiger partial charge >= 0.3 is 0 Å². The van der Waals surface area contributed by atoms with E-state index >= 15 is 0 Å². The lowest BCUT2D eigenvalue weighted by atomic mass is 9.82. The molecule has 1 aromatic heterocycles. The summed E-state index contributed by atoms with van der Waals surface area (Å²) in [5, 5.41) is 2.62. The minimum Gasteiger partial charge on any atom is -0.354 e. The smallest absolute Gasteiger partial charge is 0.0544 e. The monoisotopic (exact) mass is 489 g/mol. The summed E-state index contributed by atoms with van der Waals surface area (Å²) in [6.45, 7) is 20.6. The van der Waals surface area contributed by atoms with Crippen LogP contribution < -0.4 is 0 Å². The Morgan fingerprint density at radius 2 is 1.16 bits per heavy atom. The first-order chi connectivity index (χ1) is 14.6. The second-order valence-electron chi connectivity index (χ2n) is 12.3. The molecule has 32 heavy (non-hydrogen) atoms. The Morgan fingerprint density at radius 1 is 0.594 bits per heavy atom. The molecular formula is C30H36BrN. The molecule has 1 nitrogen and oxygen atoms in total. The van der Waals surface area contributed by atoms with Gasteiger partial charge in [-0.25, -0.2) is 0 Å². The molecule has 4 aromatic rings.